The summed E-state index contributed by atoms with van der Waals surface area (Å²) in [5.41, 5.74) is 1.13. The molecule has 1 N–H and O–H groups in total. The number of hydrogen-bond donors (Lipinski definition) is 1. The zero-order valence-corrected chi connectivity index (χ0v) is 20.4. The van der Waals surface area contributed by atoms with Gasteiger partial charge in [-0.15, -0.1) is 35.7 Å². The normalized spacial score (nSPS) is 16.3. The second kappa shape index (κ2) is 12.2. The molecule has 1 unspecified atom stereocenters. The number of halogens is 1. The molecular formula is C22H30IN3O2S. The van der Waals surface area contributed by atoms with Gasteiger partial charge in [0.25, 0.3) is 0 Å². The van der Waals surface area contributed by atoms with E-state index in [0.717, 1.165) is 41.9 Å². The molecule has 1 heterocycles. The predicted octanol–water partition coefficient (Wildman–Crippen LogP) is 4.51. The fraction of sp³-hybridized carbons (Fsp3) is 0.409. The number of hydrogen-bond acceptors (Lipinski definition) is 4. The fourth-order valence-corrected chi connectivity index (χ4v) is 4.45. The maximum atomic E-state index is 5.39. The molecule has 1 aliphatic heterocycles. The number of likely N-dealkylation sites (tertiary alicyclic amines) is 1. The SMILES string of the molecule is CN=C(NCc1ccc(OC)c(OC)c1)N1CCC(CSc2ccccc2)C1.I. The molecular weight excluding hydrogens is 497 g/mol. The summed E-state index contributed by atoms with van der Waals surface area (Å²) >= 11 is 1.94. The Balaban J connectivity index is 0.00000300. The Morgan fingerprint density at radius 2 is 1.90 bits per heavy atom. The summed E-state index contributed by atoms with van der Waals surface area (Å²) in [5, 5.41) is 3.48. The molecule has 0 radical (unpaired) electrons. The number of nitrogens with zero attached hydrogens (tertiary/aromatic N) is 2. The Bertz CT molecular complexity index is 789. The number of rotatable bonds is 7. The van der Waals surface area contributed by atoms with Crippen LogP contribution in [0.15, 0.2) is 58.4 Å². The number of methoxy groups -OCH3 is 2. The molecule has 0 bridgehead atoms. The maximum Gasteiger partial charge on any atom is 0.193 e. The lowest BCUT2D eigenvalue weighted by Crippen LogP contribution is -2.39. The number of thioether (sulfide) groups is 1. The van der Waals surface area contributed by atoms with Crippen LogP contribution in [-0.2, 0) is 6.54 Å². The zero-order chi connectivity index (χ0) is 19.8. The van der Waals surface area contributed by atoms with E-state index in [1.54, 1.807) is 14.2 Å². The van der Waals surface area contributed by atoms with Crippen LogP contribution in [0.5, 0.6) is 11.5 Å². The third kappa shape index (κ3) is 6.70. The van der Waals surface area contributed by atoms with Gasteiger partial charge in [-0.2, -0.15) is 0 Å². The molecule has 1 atom stereocenters. The molecule has 0 amide bonds. The fourth-order valence-electron chi connectivity index (χ4n) is 3.40. The molecule has 0 aliphatic carbocycles. The Labute approximate surface area is 195 Å². The zero-order valence-electron chi connectivity index (χ0n) is 17.3. The minimum atomic E-state index is 0. The molecule has 5 nitrogen and oxygen atoms in total. The van der Waals surface area contributed by atoms with E-state index in [0.29, 0.717) is 12.5 Å². The van der Waals surface area contributed by atoms with E-state index >= 15 is 0 Å². The van der Waals surface area contributed by atoms with Crippen LogP contribution in [0, 0.1) is 5.92 Å². The first-order valence-electron chi connectivity index (χ1n) is 9.57. The van der Waals surface area contributed by atoms with Gasteiger partial charge in [-0.05, 0) is 42.2 Å². The van der Waals surface area contributed by atoms with Crippen LogP contribution in [0.1, 0.15) is 12.0 Å². The Morgan fingerprint density at radius 1 is 1.14 bits per heavy atom. The van der Waals surface area contributed by atoms with Crippen LogP contribution < -0.4 is 14.8 Å². The van der Waals surface area contributed by atoms with E-state index < -0.39 is 0 Å². The van der Waals surface area contributed by atoms with Crippen molar-refractivity contribution in [3.05, 3.63) is 54.1 Å². The first kappa shape index (κ1) is 23.7. The van der Waals surface area contributed by atoms with Crippen molar-refractivity contribution in [3.8, 4) is 11.5 Å². The maximum absolute atomic E-state index is 5.39. The molecule has 1 fully saturated rings. The van der Waals surface area contributed by atoms with E-state index in [9.17, 15) is 0 Å². The van der Waals surface area contributed by atoms with Gasteiger partial charge in [0.2, 0.25) is 0 Å². The average molecular weight is 527 g/mol. The topological polar surface area (TPSA) is 46.1 Å². The minimum Gasteiger partial charge on any atom is -0.493 e. The molecule has 2 aromatic carbocycles. The molecule has 3 rings (SSSR count). The lowest BCUT2D eigenvalue weighted by molar-refractivity contribution is 0.354. The summed E-state index contributed by atoms with van der Waals surface area (Å²) in [6.07, 6.45) is 1.21. The quantitative estimate of drug-likeness (QED) is 0.249. The lowest BCUT2D eigenvalue weighted by atomic mass is 10.2. The van der Waals surface area contributed by atoms with Crippen molar-refractivity contribution < 1.29 is 9.47 Å². The summed E-state index contributed by atoms with van der Waals surface area (Å²) in [4.78, 5) is 8.19. The van der Waals surface area contributed by atoms with Gasteiger partial charge in [-0.1, -0.05) is 24.3 Å². The molecule has 1 aliphatic rings. The largest absolute Gasteiger partial charge is 0.493 e. The van der Waals surface area contributed by atoms with Crippen LogP contribution in [0.4, 0.5) is 0 Å². The molecule has 158 valence electrons. The van der Waals surface area contributed by atoms with Crippen molar-refractivity contribution in [2.45, 2.75) is 17.9 Å². The van der Waals surface area contributed by atoms with Crippen LogP contribution in [0.3, 0.4) is 0 Å². The summed E-state index contributed by atoms with van der Waals surface area (Å²) in [5.74, 6) is 4.28. The molecule has 1 saturated heterocycles. The van der Waals surface area contributed by atoms with E-state index in [1.807, 2.05) is 37.0 Å². The smallest absolute Gasteiger partial charge is 0.193 e. The predicted molar refractivity (Wildman–Crippen MR) is 132 cm³/mol. The molecule has 0 aromatic heterocycles. The highest BCUT2D eigenvalue weighted by Crippen LogP contribution is 2.28. The van der Waals surface area contributed by atoms with Crippen molar-refractivity contribution in [1.29, 1.82) is 0 Å². The van der Waals surface area contributed by atoms with Gasteiger partial charge >= 0.3 is 0 Å². The highest BCUT2D eigenvalue weighted by molar-refractivity contribution is 14.0. The molecule has 29 heavy (non-hydrogen) atoms. The minimum absolute atomic E-state index is 0. The Kier molecular flexibility index (Phi) is 9.93. The Morgan fingerprint density at radius 3 is 2.59 bits per heavy atom. The van der Waals surface area contributed by atoms with Crippen molar-refractivity contribution in [1.82, 2.24) is 10.2 Å². The van der Waals surface area contributed by atoms with Crippen molar-refractivity contribution in [2.75, 3.05) is 40.1 Å². The van der Waals surface area contributed by atoms with Gasteiger partial charge in [0, 0.05) is 37.3 Å². The van der Waals surface area contributed by atoms with E-state index in [2.05, 4.69) is 45.5 Å². The molecule has 0 saturated carbocycles. The van der Waals surface area contributed by atoms with Crippen molar-refractivity contribution in [2.24, 2.45) is 10.9 Å². The van der Waals surface area contributed by atoms with Crippen LogP contribution in [0.2, 0.25) is 0 Å². The second-order valence-electron chi connectivity index (χ2n) is 6.81. The summed E-state index contributed by atoms with van der Waals surface area (Å²) < 4.78 is 10.7. The number of guanidine groups is 1. The Hall–Kier alpha value is -1.61. The molecule has 0 spiro atoms. The van der Waals surface area contributed by atoms with E-state index in [-0.39, 0.29) is 24.0 Å². The third-order valence-electron chi connectivity index (χ3n) is 4.92. The monoisotopic (exact) mass is 527 g/mol. The van der Waals surface area contributed by atoms with Gasteiger partial charge in [-0.3, -0.25) is 4.99 Å². The number of aliphatic imine (C=N–C) groups is 1. The van der Waals surface area contributed by atoms with Crippen LogP contribution in [-0.4, -0.2) is 51.0 Å². The van der Waals surface area contributed by atoms with Gasteiger partial charge < -0.3 is 19.7 Å². The van der Waals surface area contributed by atoms with E-state index in [1.165, 1.54) is 11.3 Å². The highest BCUT2D eigenvalue weighted by atomic mass is 127. The summed E-state index contributed by atoms with van der Waals surface area (Å²) in [6.45, 7) is 2.80. The van der Waals surface area contributed by atoms with Crippen molar-refractivity contribution >= 4 is 41.7 Å². The lowest BCUT2D eigenvalue weighted by Gasteiger charge is -2.22. The van der Waals surface area contributed by atoms with Crippen LogP contribution in [0.25, 0.3) is 0 Å². The number of benzene rings is 2. The standard InChI is InChI=1S/C22H29N3O2S.HI/c1-23-22(24-14-17-9-10-20(26-2)21(13-17)27-3)25-12-11-18(15-25)16-28-19-7-5-4-6-8-19;/h4-10,13,18H,11-12,14-16H2,1-3H3,(H,23,24);1H. The third-order valence-corrected chi connectivity index (χ3v) is 6.17. The van der Waals surface area contributed by atoms with Gasteiger partial charge in [0.15, 0.2) is 17.5 Å². The highest BCUT2D eigenvalue weighted by Gasteiger charge is 2.24. The molecule has 2 aromatic rings. The number of ether oxygens (including phenoxy) is 2. The van der Waals surface area contributed by atoms with Crippen LogP contribution >= 0.6 is 35.7 Å². The summed E-state index contributed by atoms with van der Waals surface area (Å²) in [7, 11) is 5.16. The number of nitrogens with one attached hydrogen (secondary N) is 1. The van der Waals surface area contributed by atoms with Gasteiger partial charge in [-0.25, -0.2) is 0 Å². The van der Waals surface area contributed by atoms with E-state index in [4.69, 9.17) is 9.47 Å². The van der Waals surface area contributed by atoms with Gasteiger partial charge in [0.05, 0.1) is 14.2 Å². The first-order valence-corrected chi connectivity index (χ1v) is 10.6. The van der Waals surface area contributed by atoms with Gasteiger partial charge in [0.1, 0.15) is 0 Å². The van der Waals surface area contributed by atoms with Crippen molar-refractivity contribution in [3.63, 3.8) is 0 Å². The average Bonchev–Trinajstić information content (AvgIpc) is 3.22. The molecule has 7 heteroatoms. The first-order chi connectivity index (χ1) is 13.7. The second-order valence-corrected chi connectivity index (χ2v) is 7.91. The summed E-state index contributed by atoms with van der Waals surface area (Å²) in [6, 6.07) is 16.6.